The van der Waals surface area contributed by atoms with Gasteiger partial charge in [0.05, 0.1) is 30.8 Å². The number of oxazole rings is 1. The maximum absolute atomic E-state index is 12.7. The smallest absolute Gasteiger partial charge is 0.309 e. The van der Waals surface area contributed by atoms with Crippen LogP contribution in [-0.2, 0) is 21.2 Å². The third-order valence-corrected chi connectivity index (χ3v) is 5.04. The van der Waals surface area contributed by atoms with Gasteiger partial charge in [0.15, 0.2) is 5.69 Å². The van der Waals surface area contributed by atoms with Crippen molar-refractivity contribution < 1.29 is 32.6 Å². The van der Waals surface area contributed by atoms with E-state index in [1.54, 1.807) is 30.3 Å². The second-order valence-corrected chi connectivity index (χ2v) is 9.08. The number of rotatable bonds is 11. The molecule has 0 aliphatic heterocycles. The molecule has 0 bridgehead atoms. The quantitative estimate of drug-likeness (QED) is 0.283. The number of hydrogen-bond donors (Lipinski definition) is 5. The minimum absolute atomic E-state index is 0.0937. The summed E-state index contributed by atoms with van der Waals surface area (Å²) in [6, 6.07) is 8.09. The first-order chi connectivity index (χ1) is 15.5. The maximum Gasteiger partial charge on any atom is 0.309 e. The summed E-state index contributed by atoms with van der Waals surface area (Å²) in [6.45, 7) is 1.21. The molecule has 33 heavy (non-hydrogen) atoms. The molecule has 0 fully saturated rings. The van der Waals surface area contributed by atoms with Crippen molar-refractivity contribution >= 4 is 27.9 Å². The maximum atomic E-state index is 12.7. The van der Waals surface area contributed by atoms with Gasteiger partial charge >= 0.3 is 6.01 Å². The molecule has 1 aromatic heterocycles. The molecule has 1 aromatic carbocycles. The van der Waals surface area contributed by atoms with Gasteiger partial charge in [-0.3, -0.25) is 9.59 Å². The van der Waals surface area contributed by atoms with Crippen molar-refractivity contribution in [1.29, 1.82) is 5.26 Å². The summed E-state index contributed by atoms with van der Waals surface area (Å²) < 4.78 is 29.5. The van der Waals surface area contributed by atoms with E-state index in [2.05, 4.69) is 15.6 Å². The van der Waals surface area contributed by atoms with Crippen LogP contribution in [0.4, 0.5) is 6.01 Å². The van der Waals surface area contributed by atoms with Crippen molar-refractivity contribution in [3.05, 3.63) is 47.9 Å². The normalized spacial score (nSPS) is 14.9. The van der Waals surface area contributed by atoms with Gasteiger partial charge in [0, 0.05) is 6.92 Å². The number of aliphatic hydroxyl groups excluding tert-OH is 2. The molecule has 0 radical (unpaired) electrons. The van der Waals surface area contributed by atoms with Gasteiger partial charge in [-0.05, 0) is 12.0 Å². The first kappa shape index (κ1) is 25.8. The van der Waals surface area contributed by atoms with Crippen molar-refractivity contribution in [2.24, 2.45) is 0 Å². The average Bonchev–Trinajstić information content (AvgIpc) is 3.19. The highest BCUT2D eigenvalue weighted by atomic mass is 32.2. The van der Waals surface area contributed by atoms with Crippen molar-refractivity contribution in [2.45, 2.75) is 44.1 Å². The Bertz CT molecular complexity index is 1100. The second-order valence-electron chi connectivity index (χ2n) is 7.33. The number of benzene rings is 1. The van der Waals surface area contributed by atoms with Crippen LogP contribution in [0, 0.1) is 11.3 Å². The molecule has 2 rings (SSSR count). The summed E-state index contributed by atoms with van der Waals surface area (Å²) in [5.41, 5.74) is 0.460. The summed E-state index contributed by atoms with van der Waals surface area (Å²) in [6.07, 6.45) is -1.52. The monoisotopic (exact) mass is 479 g/mol. The topological polar surface area (TPSA) is 195 Å². The molecule has 1 heterocycles. The summed E-state index contributed by atoms with van der Waals surface area (Å²) in [4.78, 5) is 27.9. The number of carbonyl (C=O) groups excluding carboxylic acids is 2. The van der Waals surface area contributed by atoms with Crippen LogP contribution in [0.1, 0.15) is 29.4 Å². The number of nitrogens with one attached hydrogen (secondary N) is 3. The van der Waals surface area contributed by atoms with E-state index in [-0.39, 0.29) is 18.5 Å². The van der Waals surface area contributed by atoms with Crippen molar-refractivity contribution in [2.75, 3.05) is 11.0 Å². The third kappa shape index (κ3) is 8.19. The Kier molecular flexibility index (Phi) is 8.92. The van der Waals surface area contributed by atoms with Gasteiger partial charge in [0.1, 0.15) is 18.5 Å². The molecular weight excluding hydrogens is 454 g/mol. The zero-order valence-corrected chi connectivity index (χ0v) is 18.7. The number of hydrogen-bond acceptors (Lipinski definition) is 9. The van der Waals surface area contributed by atoms with E-state index < -0.39 is 52.1 Å². The first-order valence-corrected chi connectivity index (χ1v) is 11.7. The number of nitriles is 1. The summed E-state index contributed by atoms with van der Waals surface area (Å²) in [5, 5.41) is 35.4. The molecule has 178 valence electrons. The van der Waals surface area contributed by atoms with Gasteiger partial charge in [0.25, 0.3) is 5.91 Å². The van der Waals surface area contributed by atoms with Crippen molar-refractivity contribution in [3.8, 4) is 6.07 Å². The molecule has 5 N–H and O–H groups in total. The number of sulfonamides is 1. The Morgan fingerprint density at radius 3 is 2.36 bits per heavy atom. The predicted octanol–water partition coefficient (Wildman–Crippen LogP) is -0.473. The molecular formula is C20H25N5O7S. The highest BCUT2D eigenvalue weighted by Gasteiger charge is 2.34. The number of aromatic nitrogens is 1. The van der Waals surface area contributed by atoms with Crippen LogP contribution in [0.5, 0.6) is 0 Å². The number of amides is 2. The van der Waals surface area contributed by atoms with E-state index in [0.29, 0.717) is 0 Å². The summed E-state index contributed by atoms with van der Waals surface area (Å²) in [5.74, 6) is -1.30. The van der Waals surface area contributed by atoms with Crippen LogP contribution < -0.4 is 15.4 Å². The molecule has 0 saturated carbocycles. The number of aliphatic hydroxyl groups is 2. The zero-order valence-electron chi connectivity index (χ0n) is 17.9. The van der Waals surface area contributed by atoms with E-state index in [4.69, 9.17) is 9.68 Å². The fourth-order valence-electron chi connectivity index (χ4n) is 3.04. The van der Waals surface area contributed by atoms with Crippen LogP contribution >= 0.6 is 0 Å². The molecule has 0 aliphatic carbocycles. The Labute approximate surface area is 190 Å². The van der Waals surface area contributed by atoms with Gasteiger partial charge in [-0.1, -0.05) is 30.3 Å². The van der Waals surface area contributed by atoms with Crippen molar-refractivity contribution in [3.63, 3.8) is 0 Å². The first-order valence-electron chi connectivity index (χ1n) is 9.78. The predicted molar refractivity (Wildman–Crippen MR) is 116 cm³/mol. The lowest BCUT2D eigenvalue weighted by atomic mass is 9.93. The lowest BCUT2D eigenvalue weighted by Gasteiger charge is -2.31. The van der Waals surface area contributed by atoms with Crippen LogP contribution in [0.25, 0.3) is 0 Å². The van der Waals surface area contributed by atoms with E-state index in [0.717, 1.165) is 18.1 Å². The Morgan fingerprint density at radius 1 is 1.15 bits per heavy atom. The number of carbonyl (C=O) groups is 2. The molecule has 0 aliphatic rings. The van der Waals surface area contributed by atoms with Gasteiger partial charge in [0.2, 0.25) is 15.9 Å². The summed E-state index contributed by atoms with van der Waals surface area (Å²) >= 11 is 0. The molecule has 0 saturated heterocycles. The van der Waals surface area contributed by atoms with Crippen LogP contribution in [0.2, 0.25) is 0 Å². The number of anilines is 1. The van der Waals surface area contributed by atoms with E-state index in [1.807, 2.05) is 10.8 Å². The Hall–Kier alpha value is -3.47. The summed E-state index contributed by atoms with van der Waals surface area (Å²) in [7, 11) is -3.67. The number of nitrogens with zero attached hydrogens (tertiary/aromatic N) is 2. The minimum atomic E-state index is -3.67. The van der Waals surface area contributed by atoms with Gasteiger partial charge in [-0.25, -0.2) is 13.1 Å². The molecule has 13 heteroatoms. The highest BCUT2D eigenvalue weighted by molar-refractivity contribution is 7.91. The molecule has 2 amide bonds. The fourth-order valence-corrected chi connectivity index (χ4v) is 3.45. The Morgan fingerprint density at radius 2 is 1.79 bits per heavy atom. The minimum Gasteiger partial charge on any atom is -0.431 e. The van der Waals surface area contributed by atoms with Gasteiger partial charge in [-0.2, -0.15) is 10.2 Å². The zero-order chi connectivity index (χ0) is 24.6. The molecule has 0 spiro atoms. The lowest BCUT2D eigenvalue weighted by molar-refractivity contribution is -0.121. The van der Waals surface area contributed by atoms with E-state index in [9.17, 15) is 28.2 Å². The molecule has 4 atom stereocenters. The lowest BCUT2D eigenvalue weighted by Crippen LogP contribution is -2.56. The van der Waals surface area contributed by atoms with Crippen molar-refractivity contribution in [1.82, 2.24) is 15.6 Å². The molecule has 2 aromatic rings. The highest BCUT2D eigenvalue weighted by Crippen LogP contribution is 2.15. The SMILES string of the molecule is CC(=O)NC(CC#N)C(O)C(O)C(Cc1ccccc1)NC(=O)c1coc(NS(C)(=O)=O)n1. The third-order valence-electron chi connectivity index (χ3n) is 4.50. The fraction of sp³-hybridized carbons (Fsp3) is 0.400. The van der Waals surface area contributed by atoms with Gasteiger partial charge in [-0.15, -0.1) is 0 Å². The van der Waals surface area contributed by atoms with Crippen LogP contribution in [-0.4, -0.2) is 66.0 Å². The molecule has 4 unspecified atom stereocenters. The van der Waals surface area contributed by atoms with Crippen LogP contribution in [0.3, 0.4) is 0 Å². The van der Waals surface area contributed by atoms with Crippen LogP contribution in [0.15, 0.2) is 41.0 Å². The van der Waals surface area contributed by atoms with E-state index >= 15 is 0 Å². The van der Waals surface area contributed by atoms with E-state index in [1.165, 1.54) is 6.92 Å². The standard InChI is InChI=1S/C20H25N5O7S/c1-12(26)22-14(8-9-21)17(27)18(28)15(10-13-6-4-3-5-7-13)23-19(29)16-11-32-20(24-16)25-33(2,30)31/h3-7,11,14-15,17-18,27-28H,8,10H2,1-2H3,(H,22,26)(H,23,29)(H,24,25). The second kappa shape index (κ2) is 11.4. The average molecular weight is 480 g/mol. The van der Waals surface area contributed by atoms with Gasteiger partial charge < -0.3 is 25.3 Å². The largest absolute Gasteiger partial charge is 0.431 e. The molecule has 12 nitrogen and oxygen atoms in total. The Balaban J connectivity index is 2.25.